The summed E-state index contributed by atoms with van der Waals surface area (Å²) in [7, 11) is 4.58. The highest BCUT2D eigenvalue weighted by Crippen LogP contribution is 2.41. The van der Waals surface area contributed by atoms with Crippen LogP contribution in [0.2, 0.25) is 0 Å². The third-order valence-corrected chi connectivity index (χ3v) is 5.35. The summed E-state index contributed by atoms with van der Waals surface area (Å²) in [4.78, 5) is 28.9. The number of rotatable bonds is 4. The number of carbonyl (C=O) groups excluding carboxylic acids is 2. The van der Waals surface area contributed by atoms with Crippen LogP contribution in [0.15, 0.2) is 12.1 Å². The van der Waals surface area contributed by atoms with Crippen LogP contribution >= 0.6 is 0 Å². The molecule has 0 saturated carbocycles. The number of nitrogens with zero attached hydrogens (tertiary/aromatic N) is 2. The topological polar surface area (TPSA) is 68.3 Å². The van der Waals surface area contributed by atoms with Gasteiger partial charge in [-0.2, -0.15) is 0 Å². The Labute approximate surface area is 153 Å². The van der Waals surface area contributed by atoms with Gasteiger partial charge < -0.3 is 24.0 Å². The first-order valence-corrected chi connectivity index (χ1v) is 8.85. The lowest BCUT2D eigenvalue weighted by atomic mass is 9.94. The molecule has 1 aromatic rings. The minimum atomic E-state index is -0.0945. The minimum absolute atomic E-state index is 0.0305. The highest BCUT2D eigenvalue weighted by Gasteiger charge is 2.39. The van der Waals surface area contributed by atoms with Crippen LogP contribution in [-0.4, -0.2) is 68.6 Å². The van der Waals surface area contributed by atoms with Crippen molar-refractivity contribution >= 4 is 11.8 Å². The number of methoxy groups -OCH3 is 3. The molecule has 3 saturated heterocycles. The van der Waals surface area contributed by atoms with Gasteiger partial charge in [-0.1, -0.05) is 0 Å². The summed E-state index contributed by atoms with van der Waals surface area (Å²) in [6, 6.07) is 3.46. The van der Waals surface area contributed by atoms with Crippen LogP contribution in [0.25, 0.3) is 0 Å². The molecular formula is C19H26N2O5. The molecule has 7 heteroatoms. The van der Waals surface area contributed by atoms with Crippen LogP contribution in [-0.2, 0) is 4.79 Å². The third-order valence-electron chi connectivity index (χ3n) is 5.35. The molecule has 0 spiro atoms. The predicted molar refractivity (Wildman–Crippen MR) is 95.9 cm³/mol. The van der Waals surface area contributed by atoms with E-state index < -0.39 is 0 Å². The molecule has 0 radical (unpaired) electrons. The van der Waals surface area contributed by atoms with E-state index in [1.54, 1.807) is 26.2 Å². The van der Waals surface area contributed by atoms with E-state index >= 15 is 0 Å². The Morgan fingerprint density at radius 3 is 2.31 bits per heavy atom. The number of hydrogen-bond acceptors (Lipinski definition) is 5. The van der Waals surface area contributed by atoms with Gasteiger partial charge in [0, 0.05) is 32.6 Å². The Kier molecular flexibility index (Phi) is 5.25. The molecule has 3 fully saturated rings. The van der Waals surface area contributed by atoms with Crippen LogP contribution in [0, 0.1) is 5.92 Å². The van der Waals surface area contributed by atoms with Crippen molar-refractivity contribution in [1.82, 2.24) is 9.80 Å². The van der Waals surface area contributed by atoms with E-state index in [4.69, 9.17) is 14.2 Å². The van der Waals surface area contributed by atoms with Gasteiger partial charge in [-0.15, -0.1) is 0 Å². The van der Waals surface area contributed by atoms with Gasteiger partial charge in [-0.05, 0) is 30.9 Å². The first kappa shape index (κ1) is 18.4. The van der Waals surface area contributed by atoms with Crippen molar-refractivity contribution in [1.29, 1.82) is 0 Å². The molecule has 0 unspecified atom stereocenters. The SMILES string of the molecule is COc1ccc(C(=O)N2C[C@@H]3CC[C@H]2CN(C(C)=O)C3)c(OC)c1OC. The summed E-state index contributed by atoms with van der Waals surface area (Å²) < 4.78 is 16.2. The predicted octanol–water partition coefficient (Wildman–Crippen LogP) is 1.80. The summed E-state index contributed by atoms with van der Waals surface area (Å²) in [6.07, 6.45) is 1.96. The number of ether oxygens (including phenoxy) is 3. The van der Waals surface area contributed by atoms with Crippen molar-refractivity contribution < 1.29 is 23.8 Å². The van der Waals surface area contributed by atoms with E-state index in [1.807, 2.05) is 9.80 Å². The van der Waals surface area contributed by atoms with E-state index in [-0.39, 0.29) is 17.9 Å². The fourth-order valence-electron chi connectivity index (χ4n) is 4.01. The molecule has 3 heterocycles. The smallest absolute Gasteiger partial charge is 0.258 e. The highest BCUT2D eigenvalue weighted by atomic mass is 16.5. The van der Waals surface area contributed by atoms with E-state index in [0.29, 0.717) is 41.8 Å². The molecule has 2 atom stereocenters. The molecule has 4 rings (SSSR count). The monoisotopic (exact) mass is 362 g/mol. The Bertz CT molecular complexity index is 705. The van der Waals surface area contributed by atoms with Crippen LogP contribution < -0.4 is 14.2 Å². The average Bonchev–Trinajstić information content (AvgIpc) is 2.98. The lowest BCUT2D eigenvalue weighted by Crippen LogP contribution is -2.47. The van der Waals surface area contributed by atoms with Gasteiger partial charge in [0.2, 0.25) is 11.7 Å². The lowest BCUT2D eigenvalue weighted by molar-refractivity contribution is -0.129. The maximum absolute atomic E-state index is 13.3. The van der Waals surface area contributed by atoms with Gasteiger partial charge in [-0.25, -0.2) is 0 Å². The molecule has 7 nitrogen and oxygen atoms in total. The zero-order valence-corrected chi connectivity index (χ0v) is 15.8. The quantitative estimate of drug-likeness (QED) is 0.817. The largest absolute Gasteiger partial charge is 0.493 e. The van der Waals surface area contributed by atoms with Crippen LogP contribution in [0.1, 0.15) is 30.1 Å². The Hall–Kier alpha value is -2.44. The second-order valence-electron chi connectivity index (χ2n) is 6.86. The molecule has 142 valence electrons. The van der Waals surface area contributed by atoms with Crippen molar-refractivity contribution in [3.05, 3.63) is 17.7 Å². The van der Waals surface area contributed by atoms with Crippen molar-refractivity contribution in [2.75, 3.05) is 41.0 Å². The number of benzene rings is 1. The number of carbonyl (C=O) groups is 2. The van der Waals surface area contributed by atoms with Crippen LogP contribution in [0.3, 0.4) is 0 Å². The van der Waals surface area contributed by atoms with E-state index in [2.05, 4.69) is 0 Å². The van der Waals surface area contributed by atoms with Crippen molar-refractivity contribution in [3.63, 3.8) is 0 Å². The van der Waals surface area contributed by atoms with Crippen molar-refractivity contribution in [3.8, 4) is 17.2 Å². The molecule has 0 aromatic heterocycles. The van der Waals surface area contributed by atoms with Gasteiger partial charge >= 0.3 is 0 Å². The van der Waals surface area contributed by atoms with E-state index in [9.17, 15) is 9.59 Å². The molecule has 3 aliphatic heterocycles. The molecule has 0 N–H and O–H groups in total. The normalized spacial score (nSPS) is 22.0. The zero-order valence-electron chi connectivity index (χ0n) is 15.8. The Morgan fingerprint density at radius 2 is 1.69 bits per heavy atom. The Morgan fingerprint density at radius 1 is 0.962 bits per heavy atom. The van der Waals surface area contributed by atoms with Crippen molar-refractivity contribution in [2.45, 2.75) is 25.8 Å². The van der Waals surface area contributed by atoms with Gasteiger partial charge in [0.1, 0.15) is 0 Å². The number of fused-ring (bicyclic) bond motifs is 4. The summed E-state index contributed by atoms with van der Waals surface area (Å²) in [5.41, 5.74) is 0.451. The summed E-state index contributed by atoms with van der Waals surface area (Å²) in [6.45, 7) is 3.56. The molecule has 26 heavy (non-hydrogen) atoms. The number of piperidine rings is 1. The van der Waals surface area contributed by atoms with Gasteiger partial charge in [0.25, 0.3) is 5.91 Å². The Balaban J connectivity index is 1.93. The summed E-state index contributed by atoms with van der Waals surface area (Å²) >= 11 is 0. The maximum atomic E-state index is 13.3. The van der Waals surface area contributed by atoms with Gasteiger partial charge in [-0.3, -0.25) is 9.59 Å². The average molecular weight is 362 g/mol. The standard InChI is InChI=1S/C19H26N2O5/c1-12(22)20-9-13-5-6-14(11-20)21(10-13)19(23)15-7-8-16(24-2)18(26-4)17(15)25-3/h7-8,13-14H,5-6,9-11H2,1-4H3/t13-,14+/m1/s1. The molecule has 2 bridgehead atoms. The second kappa shape index (κ2) is 7.43. The zero-order chi connectivity index (χ0) is 18.8. The van der Waals surface area contributed by atoms with Crippen molar-refractivity contribution in [2.24, 2.45) is 5.92 Å². The molecule has 3 aliphatic rings. The van der Waals surface area contributed by atoms with E-state index in [1.165, 1.54) is 14.2 Å². The van der Waals surface area contributed by atoms with Crippen LogP contribution in [0.5, 0.6) is 17.2 Å². The fraction of sp³-hybridized carbons (Fsp3) is 0.579. The molecule has 1 aromatic carbocycles. The first-order chi connectivity index (χ1) is 12.5. The highest BCUT2D eigenvalue weighted by molar-refractivity contribution is 5.98. The summed E-state index contributed by atoms with van der Waals surface area (Å²) in [5, 5.41) is 0. The number of hydrogen-bond donors (Lipinski definition) is 0. The van der Waals surface area contributed by atoms with E-state index in [0.717, 1.165) is 19.4 Å². The summed E-state index contributed by atoms with van der Waals surface area (Å²) in [5.74, 6) is 1.59. The van der Waals surface area contributed by atoms with Crippen LogP contribution in [0.4, 0.5) is 0 Å². The maximum Gasteiger partial charge on any atom is 0.258 e. The lowest BCUT2D eigenvalue weighted by Gasteiger charge is -2.36. The molecule has 2 amide bonds. The fourth-order valence-corrected chi connectivity index (χ4v) is 4.01. The van der Waals surface area contributed by atoms with Gasteiger partial charge in [0.05, 0.1) is 26.9 Å². The number of amides is 2. The molecular weight excluding hydrogens is 336 g/mol. The third kappa shape index (κ3) is 3.18. The minimum Gasteiger partial charge on any atom is -0.493 e. The first-order valence-electron chi connectivity index (χ1n) is 8.85. The second-order valence-corrected chi connectivity index (χ2v) is 6.86. The van der Waals surface area contributed by atoms with Gasteiger partial charge in [0.15, 0.2) is 11.5 Å². The molecule has 0 aliphatic carbocycles.